The fourth-order valence-electron chi connectivity index (χ4n) is 2.02. The molecule has 0 aliphatic rings. The number of carbonyl (C=O) groups is 2. The van der Waals surface area contributed by atoms with Crippen LogP contribution in [0.4, 0.5) is 11.4 Å². The van der Waals surface area contributed by atoms with Gasteiger partial charge in [0.05, 0.1) is 11.6 Å². The van der Waals surface area contributed by atoms with Crippen LogP contribution in [-0.2, 0) is 9.59 Å². The number of hydrogen-bond donors (Lipinski definition) is 2. The average molecular weight is 323 g/mol. The third-order valence-corrected chi connectivity index (χ3v) is 3.10. The van der Waals surface area contributed by atoms with Crippen LogP contribution < -0.4 is 15.4 Å². The summed E-state index contributed by atoms with van der Waals surface area (Å²) in [6, 6.07) is 15.4. The zero-order valence-electron chi connectivity index (χ0n) is 13.4. The van der Waals surface area contributed by atoms with Crippen LogP contribution in [0.2, 0.25) is 0 Å². The molecule has 1 atom stereocenters. The van der Waals surface area contributed by atoms with Crippen molar-refractivity contribution in [2.75, 3.05) is 10.6 Å². The Hall–Kier alpha value is -3.33. The third kappa shape index (κ3) is 4.85. The summed E-state index contributed by atoms with van der Waals surface area (Å²) >= 11 is 0. The summed E-state index contributed by atoms with van der Waals surface area (Å²) < 4.78 is 5.55. The predicted molar refractivity (Wildman–Crippen MR) is 90.6 cm³/mol. The molecular weight excluding hydrogens is 306 g/mol. The Balaban J connectivity index is 2.01. The van der Waals surface area contributed by atoms with Crippen molar-refractivity contribution in [2.24, 2.45) is 0 Å². The van der Waals surface area contributed by atoms with E-state index in [1.807, 2.05) is 6.07 Å². The Bertz CT molecular complexity index is 796. The zero-order chi connectivity index (χ0) is 17.5. The van der Waals surface area contributed by atoms with Crippen molar-refractivity contribution in [1.82, 2.24) is 0 Å². The monoisotopic (exact) mass is 323 g/mol. The van der Waals surface area contributed by atoms with E-state index in [1.54, 1.807) is 55.5 Å². The Labute approximate surface area is 140 Å². The Morgan fingerprint density at radius 3 is 2.42 bits per heavy atom. The maximum absolute atomic E-state index is 12.2. The lowest BCUT2D eigenvalue weighted by Crippen LogP contribution is -2.30. The first-order valence-electron chi connectivity index (χ1n) is 7.33. The summed E-state index contributed by atoms with van der Waals surface area (Å²) in [7, 11) is 0. The number of nitrogens with one attached hydrogen (secondary N) is 2. The second kappa shape index (κ2) is 7.79. The van der Waals surface area contributed by atoms with E-state index in [0.29, 0.717) is 22.7 Å². The highest BCUT2D eigenvalue weighted by Gasteiger charge is 2.15. The van der Waals surface area contributed by atoms with Crippen molar-refractivity contribution in [3.8, 4) is 11.8 Å². The number of carbonyl (C=O) groups excluding carboxylic acids is 2. The molecule has 6 heteroatoms. The smallest absolute Gasteiger partial charge is 0.265 e. The Morgan fingerprint density at radius 1 is 1.08 bits per heavy atom. The summed E-state index contributed by atoms with van der Waals surface area (Å²) in [4.78, 5) is 23.3. The number of ether oxygens (including phenoxy) is 1. The van der Waals surface area contributed by atoms with E-state index < -0.39 is 6.10 Å². The molecular formula is C18H17N3O3. The van der Waals surface area contributed by atoms with Gasteiger partial charge in [-0.1, -0.05) is 12.1 Å². The first kappa shape index (κ1) is 17.0. The first-order chi connectivity index (χ1) is 11.5. The number of nitriles is 1. The van der Waals surface area contributed by atoms with E-state index >= 15 is 0 Å². The van der Waals surface area contributed by atoms with Crippen LogP contribution in [0.5, 0.6) is 5.75 Å². The van der Waals surface area contributed by atoms with Crippen LogP contribution in [0.1, 0.15) is 19.4 Å². The molecule has 1 unspecified atom stereocenters. The molecule has 0 bridgehead atoms. The number of rotatable bonds is 5. The first-order valence-corrected chi connectivity index (χ1v) is 7.33. The van der Waals surface area contributed by atoms with Gasteiger partial charge in [-0.25, -0.2) is 0 Å². The summed E-state index contributed by atoms with van der Waals surface area (Å²) in [6.07, 6.45) is -0.747. The van der Waals surface area contributed by atoms with Gasteiger partial charge in [-0.3, -0.25) is 9.59 Å². The van der Waals surface area contributed by atoms with Gasteiger partial charge in [-0.2, -0.15) is 5.26 Å². The molecule has 2 aromatic rings. The molecule has 122 valence electrons. The molecule has 2 aromatic carbocycles. The molecule has 0 aliphatic carbocycles. The van der Waals surface area contributed by atoms with Gasteiger partial charge < -0.3 is 15.4 Å². The fourth-order valence-corrected chi connectivity index (χ4v) is 2.02. The number of anilines is 2. The molecule has 2 N–H and O–H groups in total. The van der Waals surface area contributed by atoms with E-state index in [1.165, 1.54) is 6.92 Å². The molecule has 0 spiro atoms. The quantitative estimate of drug-likeness (QED) is 0.885. The molecule has 2 rings (SSSR count). The molecule has 24 heavy (non-hydrogen) atoms. The Morgan fingerprint density at radius 2 is 1.75 bits per heavy atom. The summed E-state index contributed by atoms with van der Waals surface area (Å²) in [5.74, 6) is -0.0754. The van der Waals surface area contributed by atoms with Crippen LogP contribution in [0.3, 0.4) is 0 Å². The number of benzene rings is 2. The van der Waals surface area contributed by atoms with Crippen molar-refractivity contribution in [2.45, 2.75) is 20.0 Å². The lowest BCUT2D eigenvalue weighted by molar-refractivity contribution is -0.122. The van der Waals surface area contributed by atoms with Gasteiger partial charge >= 0.3 is 0 Å². The van der Waals surface area contributed by atoms with Crippen LogP contribution in [0.15, 0.2) is 48.5 Å². The normalized spacial score (nSPS) is 11.0. The van der Waals surface area contributed by atoms with Crippen molar-refractivity contribution in [1.29, 1.82) is 5.26 Å². The SMILES string of the molecule is CC(=O)Nc1cccc(NC(=O)C(C)Oc2cccc(C#N)c2)c1. The summed E-state index contributed by atoms with van der Waals surface area (Å²) in [6.45, 7) is 3.03. The molecule has 0 saturated heterocycles. The Kier molecular flexibility index (Phi) is 5.53. The number of hydrogen-bond acceptors (Lipinski definition) is 4. The van der Waals surface area contributed by atoms with Gasteiger partial charge in [0.1, 0.15) is 5.75 Å². The van der Waals surface area contributed by atoms with Crippen LogP contribution in [0.25, 0.3) is 0 Å². The zero-order valence-corrected chi connectivity index (χ0v) is 13.4. The van der Waals surface area contributed by atoms with Crippen molar-refractivity contribution in [3.05, 3.63) is 54.1 Å². The fraction of sp³-hybridized carbons (Fsp3) is 0.167. The predicted octanol–water partition coefficient (Wildman–Crippen LogP) is 2.92. The minimum absolute atomic E-state index is 0.187. The highest BCUT2D eigenvalue weighted by atomic mass is 16.5. The maximum Gasteiger partial charge on any atom is 0.265 e. The van der Waals surface area contributed by atoms with Gasteiger partial charge in [-0.05, 0) is 43.3 Å². The number of nitrogens with zero attached hydrogens (tertiary/aromatic N) is 1. The van der Waals surface area contributed by atoms with Crippen molar-refractivity contribution in [3.63, 3.8) is 0 Å². The molecule has 0 aromatic heterocycles. The lowest BCUT2D eigenvalue weighted by atomic mass is 10.2. The number of amides is 2. The third-order valence-electron chi connectivity index (χ3n) is 3.10. The topological polar surface area (TPSA) is 91.2 Å². The van der Waals surface area contributed by atoms with Crippen LogP contribution in [0, 0.1) is 11.3 Å². The van der Waals surface area contributed by atoms with E-state index in [-0.39, 0.29) is 11.8 Å². The standard InChI is InChI=1S/C18H17N3O3/c1-12(24-17-8-3-5-14(9-17)11-19)18(23)21-16-7-4-6-15(10-16)20-13(2)22/h3-10,12H,1-2H3,(H,20,22)(H,21,23). The van der Waals surface area contributed by atoms with E-state index in [4.69, 9.17) is 10.00 Å². The van der Waals surface area contributed by atoms with E-state index in [2.05, 4.69) is 10.6 Å². The van der Waals surface area contributed by atoms with Crippen LogP contribution >= 0.6 is 0 Å². The molecule has 0 saturated carbocycles. The highest BCUT2D eigenvalue weighted by molar-refractivity contribution is 5.95. The molecule has 0 radical (unpaired) electrons. The molecule has 2 amide bonds. The van der Waals surface area contributed by atoms with Crippen molar-refractivity contribution < 1.29 is 14.3 Å². The van der Waals surface area contributed by atoms with Gasteiger partial charge in [0.2, 0.25) is 5.91 Å². The molecule has 0 aliphatic heterocycles. The van der Waals surface area contributed by atoms with Crippen molar-refractivity contribution >= 4 is 23.2 Å². The largest absolute Gasteiger partial charge is 0.481 e. The average Bonchev–Trinajstić information content (AvgIpc) is 2.54. The summed E-state index contributed by atoms with van der Waals surface area (Å²) in [5.41, 5.74) is 1.60. The highest BCUT2D eigenvalue weighted by Crippen LogP contribution is 2.17. The summed E-state index contributed by atoms with van der Waals surface area (Å²) in [5, 5.41) is 14.2. The minimum Gasteiger partial charge on any atom is -0.481 e. The lowest BCUT2D eigenvalue weighted by Gasteiger charge is -2.15. The second-order valence-electron chi connectivity index (χ2n) is 5.15. The molecule has 0 heterocycles. The molecule has 0 fully saturated rings. The van der Waals surface area contributed by atoms with Gasteiger partial charge in [0.25, 0.3) is 5.91 Å². The molecule has 6 nitrogen and oxygen atoms in total. The maximum atomic E-state index is 12.2. The van der Waals surface area contributed by atoms with Gasteiger partial charge in [-0.15, -0.1) is 0 Å². The minimum atomic E-state index is -0.747. The van der Waals surface area contributed by atoms with E-state index in [9.17, 15) is 9.59 Å². The van der Waals surface area contributed by atoms with E-state index in [0.717, 1.165) is 0 Å². The van der Waals surface area contributed by atoms with Gasteiger partial charge in [0, 0.05) is 18.3 Å². The van der Waals surface area contributed by atoms with Crippen LogP contribution in [-0.4, -0.2) is 17.9 Å². The second-order valence-corrected chi connectivity index (χ2v) is 5.15. The van der Waals surface area contributed by atoms with Gasteiger partial charge in [0.15, 0.2) is 6.10 Å².